The van der Waals surface area contributed by atoms with Gasteiger partial charge in [-0.05, 0) is 18.1 Å². The van der Waals surface area contributed by atoms with Gasteiger partial charge in [0.25, 0.3) is 0 Å². The second-order valence-electron chi connectivity index (χ2n) is 4.08. The minimum atomic E-state index is -0.292. The molecule has 0 spiro atoms. The Morgan fingerprint density at radius 1 is 1.33 bits per heavy atom. The molecule has 0 unspecified atom stereocenters. The summed E-state index contributed by atoms with van der Waals surface area (Å²) in [6.45, 7) is 5.36. The van der Waals surface area contributed by atoms with Crippen LogP contribution in [0.1, 0.15) is 13.8 Å². The molecule has 3 nitrogen and oxygen atoms in total. The molecule has 0 bridgehead atoms. The number of hydrogen-bond donors (Lipinski definition) is 1. The summed E-state index contributed by atoms with van der Waals surface area (Å²) in [6.07, 6.45) is 0. The van der Waals surface area contributed by atoms with E-state index in [9.17, 15) is 4.79 Å². The van der Waals surface area contributed by atoms with Crippen LogP contribution < -0.4 is 10.6 Å². The number of nitrogens with two attached hydrogens (primary N) is 1. The highest BCUT2D eigenvalue weighted by Crippen LogP contribution is 2.14. The van der Waals surface area contributed by atoms with Gasteiger partial charge in [0, 0.05) is 12.2 Å². The molecule has 1 aromatic rings. The third-order valence-electron chi connectivity index (χ3n) is 2.05. The molecule has 0 saturated heterocycles. The van der Waals surface area contributed by atoms with Gasteiger partial charge in [-0.2, -0.15) is 0 Å². The summed E-state index contributed by atoms with van der Waals surface area (Å²) >= 11 is 0. The molecule has 15 heavy (non-hydrogen) atoms. The maximum absolute atomic E-state index is 10.9. The SMILES string of the molecule is CC(C)CN(CC(N)=O)c1ccccc1. The van der Waals surface area contributed by atoms with Crippen molar-refractivity contribution in [1.82, 2.24) is 0 Å². The second kappa shape index (κ2) is 5.39. The normalized spacial score (nSPS) is 10.3. The monoisotopic (exact) mass is 206 g/mol. The third-order valence-corrected chi connectivity index (χ3v) is 2.05. The highest BCUT2D eigenvalue weighted by atomic mass is 16.1. The fourth-order valence-electron chi connectivity index (χ4n) is 1.53. The Labute approximate surface area is 90.9 Å². The van der Waals surface area contributed by atoms with E-state index >= 15 is 0 Å². The Morgan fingerprint density at radius 2 is 1.93 bits per heavy atom. The lowest BCUT2D eigenvalue weighted by atomic mass is 10.2. The van der Waals surface area contributed by atoms with Crippen molar-refractivity contribution >= 4 is 11.6 Å². The molecule has 1 amide bonds. The zero-order chi connectivity index (χ0) is 11.3. The van der Waals surface area contributed by atoms with Crippen molar-refractivity contribution in [3.63, 3.8) is 0 Å². The van der Waals surface area contributed by atoms with Gasteiger partial charge < -0.3 is 10.6 Å². The lowest BCUT2D eigenvalue weighted by Gasteiger charge is -2.25. The summed E-state index contributed by atoms with van der Waals surface area (Å²) in [5.74, 6) is 0.212. The minimum Gasteiger partial charge on any atom is -0.368 e. The van der Waals surface area contributed by atoms with Gasteiger partial charge in [0.05, 0.1) is 6.54 Å². The molecule has 0 aliphatic heterocycles. The van der Waals surface area contributed by atoms with Crippen LogP contribution in [-0.4, -0.2) is 19.0 Å². The van der Waals surface area contributed by atoms with Gasteiger partial charge in [-0.15, -0.1) is 0 Å². The van der Waals surface area contributed by atoms with Gasteiger partial charge in [0.2, 0.25) is 5.91 Å². The molecule has 0 atom stereocenters. The van der Waals surface area contributed by atoms with Crippen LogP contribution in [0.3, 0.4) is 0 Å². The molecule has 0 heterocycles. The van der Waals surface area contributed by atoms with Crippen LogP contribution in [0, 0.1) is 5.92 Å². The summed E-state index contributed by atoms with van der Waals surface area (Å²) in [7, 11) is 0. The van der Waals surface area contributed by atoms with Crippen molar-refractivity contribution in [2.24, 2.45) is 11.7 Å². The van der Waals surface area contributed by atoms with E-state index in [0.717, 1.165) is 12.2 Å². The van der Waals surface area contributed by atoms with Gasteiger partial charge in [-0.25, -0.2) is 0 Å². The first-order valence-corrected chi connectivity index (χ1v) is 5.18. The highest BCUT2D eigenvalue weighted by Gasteiger charge is 2.10. The third kappa shape index (κ3) is 4.02. The molecule has 0 aromatic heterocycles. The van der Waals surface area contributed by atoms with E-state index < -0.39 is 0 Å². The standard InChI is InChI=1S/C12H18N2O/c1-10(2)8-14(9-12(13)15)11-6-4-3-5-7-11/h3-7,10H,8-9H2,1-2H3,(H2,13,15). The van der Waals surface area contributed by atoms with Gasteiger partial charge in [0.15, 0.2) is 0 Å². The molecule has 1 rings (SSSR count). The van der Waals surface area contributed by atoms with Crippen molar-refractivity contribution in [1.29, 1.82) is 0 Å². The highest BCUT2D eigenvalue weighted by molar-refractivity contribution is 5.79. The molecular formula is C12H18N2O. The zero-order valence-corrected chi connectivity index (χ0v) is 9.31. The molecule has 0 aliphatic carbocycles. The molecule has 0 radical (unpaired) electrons. The molecule has 2 N–H and O–H groups in total. The maximum Gasteiger partial charge on any atom is 0.236 e. The first kappa shape index (κ1) is 11.6. The average molecular weight is 206 g/mol. The van der Waals surface area contributed by atoms with Crippen molar-refractivity contribution in [3.8, 4) is 0 Å². The number of nitrogens with zero attached hydrogens (tertiary/aromatic N) is 1. The maximum atomic E-state index is 10.9. The van der Waals surface area contributed by atoms with Crippen molar-refractivity contribution < 1.29 is 4.79 Å². The topological polar surface area (TPSA) is 46.3 Å². The fourth-order valence-corrected chi connectivity index (χ4v) is 1.53. The number of anilines is 1. The van der Waals surface area contributed by atoms with Crippen molar-refractivity contribution in [2.75, 3.05) is 18.0 Å². The van der Waals surface area contributed by atoms with Crippen molar-refractivity contribution in [2.45, 2.75) is 13.8 Å². The number of carbonyl (C=O) groups excluding carboxylic acids is 1. The van der Waals surface area contributed by atoms with Crippen LogP contribution >= 0.6 is 0 Å². The lowest BCUT2D eigenvalue weighted by molar-refractivity contribution is -0.116. The van der Waals surface area contributed by atoms with Crippen LogP contribution in [0.25, 0.3) is 0 Å². The molecular weight excluding hydrogens is 188 g/mol. The van der Waals surface area contributed by atoms with E-state index in [0.29, 0.717) is 5.92 Å². The van der Waals surface area contributed by atoms with Crippen LogP contribution in [0.2, 0.25) is 0 Å². The van der Waals surface area contributed by atoms with E-state index in [2.05, 4.69) is 13.8 Å². The summed E-state index contributed by atoms with van der Waals surface area (Å²) in [4.78, 5) is 13.0. The quantitative estimate of drug-likeness (QED) is 0.796. The fraction of sp³-hybridized carbons (Fsp3) is 0.417. The van der Waals surface area contributed by atoms with Gasteiger partial charge >= 0.3 is 0 Å². The molecule has 3 heteroatoms. The van der Waals surface area contributed by atoms with E-state index in [4.69, 9.17) is 5.73 Å². The van der Waals surface area contributed by atoms with Gasteiger partial charge in [0.1, 0.15) is 0 Å². The predicted octanol–water partition coefficient (Wildman–Crippen LogP) is 1.63. The number of primary amides is 1. The zero-order valence-electron chi connectivity index (χ0n) is 9.31. The lowest BCUT2D eigenvalue weighted by Crippen LogP contribution is -2.36. The summed E-state index contributed by atoms with van der Waals surface area (Å²) in [5.41, 5.74) is 6.27. The number of benzene rings is 1. The van der Waals surface area contributed by atoms with E-state index in [1.807, 2.05) is 35.2 Å². The van der Waals surface area contributed by atoms with Crippen LogP contribution in [0.5, 0.6) is 0 Å². The molecule has 82 valence electrons. The summed E-state index contributed by atoms with van der Waals surface area (Å²) in [5, 5.41) is 0. The molecule has 0 saturated carbocycles. The number of carbonyl (C=O) groups is 1. The van der Waals surface area contributed by atoms with Crippen LogP contribution in [0.15, 0.2) is 30.3 Å². The minimum absolute atomic E-state index is 0.280. The number of amides is 1. The Kier molecular flexibility index (Phi) is 4.16. The molecule has 0 fully saturated rings. The van der Waals surface area contributed by atoms with Crippen molar-refractivity contribution in [3.05, 3.63) is 30.3 Å². The predicted molar refractivity (Wildman–Crippen MR) is 62.7 cm³/mol. The molecule has 1 aromatic carbocycles. The smallest absolute Gasteiger partial charge is 0.236 e. The van der Waals surface area contributed by atoms with Gasteiger partial charge in [-0.3, -0.25) is 4.79 Å². The first-order chi connectivity index (χ1) is 7.09. The Hall–Kier alpha value is -1.51. The number of para-hydroxylation sites is 1. The Morgan fingerprint density at radius 3 is 2.40 bits per heavy atom. The largest absolute Gasteiger partial charge is 0.368 e. The van der Waals surface area contributed by atoms with Gasteiger partial charge in [-0.1, -0.05) is 32.0 Å². The Balaban J connectivity index is 2.76. The summed E-state index contributed by atoms with van der Waals surface area (Å²) in [6, 6.07) is 9.87. The average Bonchev–Trinajstić information content (AvgIpc) is 2.17. The van der Waals surface area contributed by atoms with Crippen LogP contribution in [-0.2, 0) is 4.79 Å². The first-order valence-electron chi connectivity index (χ1n) is 5.18. The number of hydrogen-bond acceptors (Lipinski definition) is 2. The molecule has 0 aliphatic rings. The summed E-state index contributed by atoms with van der Waals surface area (Å²) < 4.78 is 0. The van der Waals surface area contributed by atoms with E-state index in [1.165, 1.54) is 0 Å². The second-order valence-corrected chi connectivity index (χ2v) is 4.08. The van der Waals surface area contributed by atoms with E-state index in [-0.39, 0.29) is 12.5 Å². The van der Waals surface area contributed by atoms with E-state index in [1.54, 1.807) is 0 Å². The Bertz CT molecular complexity index is 309. The number of rotatable bonds is 5. The van der Waals surface area contributed by atoms with Crippen LogP contribution in [0.4, 0.5) is 5.69 Å².